The minimum Gasteiger partial charge on any atom is -0.497 e. The Morgan fingerprint density at radius 3 is 2.68 bits per heavy atom. The smallest absolute Gasteiger partial charge is 0.258 e. The third-order valence-corrected chi connectivity index (χ3v) is 4.93. The molecule has 144 valence electrons. The SMILES string of the molecule is COc1ccc(C(=O)Nc2ccc(-c3nnc4n3CCCCC4)cc2)c(F)c1. The third kappa shape index (κ3) is 3.60. The van der Waals surface area contributed by atoms with Crippen molar-refractivity contribution in [3.8, 4) is 17.1 Å². The molecular formula is C21H21FN4O2. The molecule has 0 saturated heterocycles. The molecule has 0 unspecified atom stereocenters. The van der Waals surface area contributed by atoms with Gasteiger partial charge in [0.2, 0.25) is 0 Å². The van der Waals surface area contributed by atoms with Crippen LogP contribution >= 0.6 is 0 Å². The van der Waals surface area contributed by atoms with Crippen LogP contribution in [-0.4, -0.2) is 27.8 Å². The van der Waals surface area contributed by atoms with E-state index in [1.165, 1.54) is 25.7 Å². The summed E-state index contributed by atoms with van der Waals surface area (Å²) < 4.78 is 21.2. The van der Waals surface area contributed by atoms with Crippen LogP contribution in [0.5, 0.6) is 5.75 Å². The van der Waals surface area contributed by atoms with Crippen molar-refractivity contribution >= 4 is 11.6 Å². The lowest BCUT2D eigenvalue weighted by Crippen LogP contribution is -2.13. The number of aryl methyl sites for hydroxylation is 1. The van der Waals surface area contributed by atoms with Crippen molar-refractivity contribution in [3.63, 3.8) is 0 Å². The van der Waals surface area contributed by atoms with Crippen molar-refractivity contribution in [2.45, 2.75) is 32.2 Å². The van der Waals surface area contributed by atoms with Crippen LogP contribution in [0, 0.1) is 5.82 Å². The number of carbonyl (C=O) groups is 1. The molecule has 0 bridgehead atoms. The zero-order chi connectivity index (χ0) is 19.5. The van der Waals surface area contributed by atoms with Crippen molar-refractivity contribution in [3.05, 3.63) is 59.7 Å². The van der Waals surface area contributed by atoms with E-state index in [0.29, 0.717) is 11.4 Å². The number of nitrogens with zero attached hydrogens (tertiary/aromatic N) is 3. The molecule has 0 saturated carbocycles. The van der Waals surface area contributed by atoms with Gasteiger partial charge in [-0.25, -0.2) is 4.39 Å². The second-order valence-electron chi connectivity index (χ2n) is 6.78. The van der Waals surface area contributed by atoms with E-state index in [1.807, 2.05) is 12.1 Å². The van der Waals surface area contributed by atoms with Crippen molar-refractivity contribution in [1.29, 1.82) is 0 Å². The number of halogens is 1. The van der Waals surface area contributed by atoms with E-state index in [4.69, 9.17) is 4.74 Å². The van der Waals surface area contributed by atoms with Crippen LogP contribution < -0.4 is 10.1 Å². The molecule has 28 heavy (non-hydrogen) atoms. The monoisotopic (exact) mass is 380 g/mol. The van der Waals surface area contributed by atoms with E-state index in [9.17, 15) is 9.18 Å². The summed E-state index contributed by atoms with van der Waals surface area (Å²) in [6.07, 6.45) is 4.43. The summed E-state index contributed by atoms with van der Waals surface area (Å²) in [6, 6.07) is 11.5. The summed E-state index contributed by atoms with van der Waals surface area (Å²) in [5, 5.41) is 11.4. The first-order valence-corrected chi connectivity index (χ1v) is 9.33. The quantitative estimate of drug-likeness (QED) is 0.741. The first-order valence-electron chi connectivity index (χ1n) is 9.33. The summed E-state index contributed by atoms with van der Waals surface area (Å²) in [6.45, 7) is 0.924. The van der Waals surface area contributed by atoms with Gasteiger partial charge in [-0.15, -0.1) is 10.2 Å². The number of carbonyl (C=O) groups excluding carboxylic acids is 1. The summed E-state index contributed by atoms with van der Waals surface area (Å²) in [4.78, 5) is 12.4. The van der Waals surface area contributed by atoms with E-state index < -0.39 is 11.7 Å². The maximum Gasteiger partial charge on any atom is 0.258 e. The molecular weight excluding hydrogens is 359 g/mol. The van der Waals surface area contributed by atoms with Crippen LogP contribution in [0.25, 0.3) is 11.4 Å². The van der Waals surface area contributed by atoms with Crippen LogP contribution in [0.2, 0.25) is 0 Å². The number of benzene rings is 2. The van der Waals surface area contributed by atoms with Crippen LogP contribution in [0.1, 0.15) is 35.4 Å². The highest BCUT2D eigenvalue weighted by Gasteiger charge is 2.17. The highest BCUT2D eigenvalue weighted by molar-refractivity contribution is 6.04. The lowest BCUT2D eigenvalue weighted by Gasteiger charge is -2.09. The molecule has 0 aliphatic carbocycles. The highest BCUT2D eigenvalue weighted by Crippen LogP contribution is 2.24. The second kappa shape index (κ2) is 7.80. The largest absolute Gasteiger partial charge is 0.497 e. The first-order chi connectivity index (χ1) is 13.7. The van der Waals surface area contributed by atoms with Gasteiger partial charge in [-0.3, -0.25) is 4.79 Å². The second-order valence-corrected chi connectivity index (χ2v) is 6.78. The summed E-state index contributed by atoms with van der Waals surface area (Å²) in [5.41, 5.74) is 1.49. The average molecular weight is 380 g/mol. The Balaban J connectivity index is 1.51. The van der Waals surface area contributed by atoms with Gasteiger partial charge < -0.3 is 14.6 Å². The molecule has 6 nitrogen and oxygen atoms in total. The van der Waals surface area contributed by atoms with Gasteiger partial charge in [0, 0.05) is 30.3 Å². The summed E-state index contributed by atoms with van der Waals surface area (Å²) >= 11 is 0. The Kier molecular flexibility index (Phi) is 5.06. The molecule has 0 atom stereocenters. The molecule has 3 aromatic rings. The van der Waals surface area contributed by atoms with Crippen molar-refractivity contribution < 1.29 is 13.9 Å². The Morgan fingerprint density at radius 1 is 1.11 bits per heavy atom. The molecule has 2 aromatic carbocycles. The number of nitrogens with one attached hydrogen (secondary N) is 1. The standard InChI is InChI=1S/C21H21FN4O2/c1-28-16-10-11-17(18(22)13-16)21(27)23-15-8-6-14(7-9-15)20-25-24-19-5-3-2-4-12-26(19)20/h6-11,13H,2-5,12H2,1H3,(H,23,27). The zero-order valence-electron chi connectivity index (χ0n) is 15.6. The molecule has 0 radical (unpaired) electrons. The van der Waals surface area contributed by atoms with E-state index in [-0.39, 0.29) is 5.56 Å². The number of fused-ring (bicyclic) bond motifs is 1. The summed E-state index contributed by atoms with van der Waals surface area (Å²) in [5.74, 6) is 1.10. The van der Waals surface area contributed by atoms with Gasteiger partial charge in [0.25, 0.3) is 5.91 Å². The molecule has 4 rings (SSSR count). The molecule has 2 heterocycles. The summed E-state index contributed by atoms with van der Waals surface area (Å²) in [7, 11) is 1.45. The number of rotatable bonds is 4. The number of hydrogen-bond donors (Lipinski definition) is 1. The molecule has 1 amide bonds. The Labute approximate surface area is 162 Å². The van der Waals surface area contributed by atoms with E-state index in [2.05, 4.69) is 20.1 Å². The van der Waals surface area contributed by atoms with Gasteiger partial charge in [0.1, 0.15) is 17.4 Å². The third-order valence-electron chi connectivity index (χ3n) is 4.93. The molecule has 1 aromatic heterocycles. The fraction of sp³-hybridized carbons (Fsp3) is 0.286. The van der Waals surface area contributed by atoms with Crippen LogP contribution in [0.4, 0.5) is 10.1 Å². The molecule has 7 heteroatoms. The number of amides is 1. The van der Waals surface area contributed by atoms with Gasteiger partial charge >= 0.3 is 0 Å². The predicted molar refractivity (Wildman–Crippen MR) is 104 cm³/mol. The maximum absolute atomic E-state index is 14.1. The molecule has 1 aliphatic heterocycles. The molecule has 0 spiro atoms. The Hall–Kier alpha value is -3.22. The number of ether oxygens (including phenoxy) is 1. The Bertz CT molecular complexity index is 998. The van der Waals surface area contributed by atoms with E-state index >= 15 is 0 Å². The molecule has 1 N–H and O–H groups in total. The lowest BCUT2D eigenvalue weighted by atomic mass is 10.1. The topological polar surface area (TPSA) is 69.0 Å². The normalized spacial score (nSPS) is 13.5. The molecule has 0 fully saturated rings. The van der Waals surface area contributed by atoms with Crippen molar-refractivity contribution in [1.82, 2.24) is 14.8 Å². The maximum atomic E-state index is 14.1. The number of methoxy groups -OCH3 is 1. The van der Waals surface area contributed by atoms with Crippen LogP contribution in [0.15, 0.2) is 42.5 Å². The van der Waals surface area contributed by atoms with Crippen LogP contribution in [0.3, 0.4) is 0 Å². The Morgan fingerprint density at radius 2 is 1.93 bits per heavy atom. The first kappa shape index (κ1) is 18.2. The van der Waals surface area contributed by atoms with Gasteiger partial charge in [0.05, 0.1) is 12.7 Å². The zero-order valence-corrected chi connectivity index (χ0v) is 15.6. The highest BCUT2D eigenvalue weighted by atomic mass is 19.1. The van der Waals surface area contributed by atoms with Crippen molar-refractivity contribution in [2.24, 2.45) is 0 Å². The van der Waals surface area contributed by atoms with E-state index in [1.54, 1.807) is 18.2 Å². The predicted octanol–water partition coefficient (Wildman–Crippen LogP) is 4.07. The minimum absolute atomic E-state index is 0.0346. The van der Waals surface area contributed by atoms with Crippen LogP contribution in [-0.2, 0) is 13.0 Å². The van der Waals surface area contributed by atoms with Gasteiger partial charge in [-0.2, -0.15) is 0 Å². The van der Waals surface area contributed by atoms with Gasteiger partial charge in [-0.1, -0.05) is 6.42 Å². The number of aromatic nitrogens is 3. The average Bonchev–Trinajstić information content (AvgIpc) is 2.96. The van der Waals surface area contributed by atoms with Gasteiger partial charge in [-0.05, 0) is 49.2 Å². The number of anilines is 1. The van der Waals surface area contributed by atoms with E-state index in [0.717, 1.165) is 43.0 Å². The minimum atomic E-state index is -0.625. The van der Waals surface area contributed by atoms with Gasteiger partial charge in [0.15, 0.2) is 5.82 Å². The number of hydrogen-bond acceptors (Lipinski definition) is 4. The van der Waals surface area contributed by atoms with Crippen molar-refractivity contribution in [2.75, 3.05) is 12.4 Å². The fourth-order valence-corrected chi connectivity index (χ4v) is 3.41. The fourth-order valence-electron chi connectivity index (χ4n) is 3.41. The molecule has 1 aliphatic rings. The lowest BCUT2D eigenvalue weighted by molar-refractivity contribution is 0.102.